The normalized spacial score (nSPS) is 12.3. The third-order valence-corrected chi connectivity index (χ3v) is 3.61. The van der Waals surface area contributed by atoms with Gasteiger partial charge in [-0.25, -0.2) is 0 Å². The van der Waals surface area contributed by atoms with E-state index in [4.69, 9.17) is 10.2 Å². The van der Waals surface area contributed by atoms with Gasteiger partial charge in [0.15, 0.2) is 0 Å². The summed E-state index contributed by atoms with van der Waals surface area (Å²) in [5.74, 6) is 0.293. The van der Waals surface area contributed by atoms with Crippen LogP contribution in [-0.4, -0.2) is 30.9 Å². The predicted octanol–water partition coefficient (Wildman–Crippen LogP) is 1.19. The van der Waals surface area contributed by atoms with Gasteiger partial charge in [-0.05, 0) is 18.1 Å². The van der Waals surface area contributed by atoms with E-state index in [9.17, 15) is 9.59 Å². The quantitative estimate of drug-likeness (QED) is 0.714. The van der Waals surface area contributed by atoms with Crippen LogP contribution in [0.4, 0.5) is 0 Å². The molecule has 2 aromatic rings. The van der Waals surface area contributed by atoms with E-state index in [1.165, 1.54) is 0 Å². The first kappa shape index (κ1) is 17.0. The van der Waals surface area contributed by atoms with Crippen LogP contribution in [0.1, 0.15) is 19.6 Å². The summed E-state index contributed by atoms with van der Waals surface area (Å²) >= 11 is 0. The average Bonchev–Trinajstić information content (AvgIpc) is 2.94. The summed E-state index contributed by atoms with van der Waals surface area (Å²) in [5, 5.41) is 6.32. The first-order valence-electron chi connectivity index (χ1n) is 7.75. The molecule has 0 spiro atoms. The second kappa shape index (κ2) is 7.78. The zero-order valence-corrected chi connectivity index (χ0v) is 13.5. The molecule has 0 aliphatic heterocycles. The molecule has 2 amide bonds. The highest BCUT2D eigenvalue weighted by Crippen LogP contribution is 2.18. The topological polar surface area (TPSA) is 97.4 Å². The Morgan fingerprint density at radius 1 is 1.22 bits per heavy atom. The highest BCUT2D eigenvalue weighted by Gasteiger charge is 2.17. The maximum absolute atomic E-state index is 11.7. The van der Waals surface area contributed by atoms with Crippen LogP contribution in [0.25, 0.3) is 11.0 Å². The van der Waals surface area contributed by atoms with Gasteiger partial charge in [0, 0.05) is 18.4 Å². The highest BCUT2D eigenvalue weighted by molar-refractivity contribution is 5.87. The lowest BCUT2D eigenvalue weighted by Crippen LogP contribution is -2.47. The molecular formula is C17H23N3O3. The van der Waals surface area contributed by atoms with Gasteiger partial charge in [-0.1, -0.05) is 32.0 Å². The average molecular weight is 317 g/mol. The number of amides is 2. The van der Waals surface area contributed by atoms with Crippen LogP contribution in [0.3, 0.4) is 0 Å². The molecule has 23 heavy (non-hydrogen) atoms. The summed E-state index contributed by atoms with van der Waals surface area (Å²) in [4.78, 5) is 23.4. The second-order valence-corrected chi connectivity index (χ2v) is 5.84. The molecule has 124 valence electrons. The van der Waals surface area contributed by atoms with Crippen molar-refractivity contribution in [3.8, 4) is 0 Å². The number of carbonyl (C=O) groups excluding carboxylic acids is 2. The third-order valence-electron chi connectivity index (χ3n) is 3.61. The summed E-state index contributed by atoms with van der Waals surface area (Å²) in [7, 11) is 0. The molecule has 1 aromatic carbocycles. The van der Waals surface area contributed by atoms with Gasteiger partial charge < -0.3 is 20.8 Å². The minimum Gasteiger partial charge on any atom is -0.461 e. The molecule has 1 heterocycles. The van der Waals surface area contributed by atoms with Crippen LogP contribution in [-0.2, 0) is 16.0 Å². The molecule has 0 unspecified atom stereocenters. The maximum atomic E-state index is 11.7. The van der Waals surface area contributed by atoms with E-state index in [1.54, 1.807) is 0 Å². The molecule has 1 atom stereocenters. The van der Waals surface area contributed by atoms with Crippen molar-refractivity contribution >= 4 is 22.8 Å². The van der Waals surface area contributed by atoms with Gasteiger partial charge in [0.2, 0.25) is 11.8 Å². The van der Waals surface area contributed by atoms with Gasteiger partial charge in [0.1, 0.15) is 11.3 Å². The fourth-order valence-corrected chi connectivity index (χ4v) is 2.14. The van der Waals surface area contributed by atoms with Crippen molar-refractivity contribution in [2.45, 2.75) is 26.3 Å². The van der Waals surface area contributed by atoms with Crippen LogP contribution >= 0.6 is 0 Å². The van der Waals surface area contributed by atoms with Crippen LogP contribution < -0.4 is 16.4 Å². The smallest absolute Gasteiger partial charge is 0.239 e. The van der Waals surface area contributed by atoms with Gasteiger partial charge in [-0.3, -0.25) is 9.59 Å². The largest absolute Gasteiger partial charge is 0.461 e. The van der Waals surface area contributed by atoms with Gasteiger partial charge >= 0.3 is 0 Å². The number of carbonyl (C=O) groups is 2. The summed E-state index contributed by atoms with van der Waals surface area (Å²) in [6.07, 6.45) is 0.597. The van der Waals surface area contributed by atoms with Gasteiger partial charge in [0.05, 0.1) is 12.6 Å². The Labute approximate surface area is 135 Å². The molecule has 0 aliphatic rings. The van der Waals surface area contributed by atoms with Crippen molar-refractivity contribution in [3.05, 3.63) is 36.1 Å². The van der Waals surface area contributed by atoms with Crippen LogP contribution in [0, 0.1) is 5.92 Å². The molecular weight excluding hydrogens is 294 g/mol. The van der Waals surface area contributed by atoms with Crippen molar-refractivity contribution in [1.29, 1.82) is 0 Å². The standard InChI is InChI=1S/C17H23N3O3/c1-11(2)16(18)17(22)20-10-15(21)19-8-7-13-9-12-5-3-4-6-14(12)23-13/h3-6,9,11,16H,7-8,10,18H2,1-2H3,(H,19,21)(H,20,22)/t16-/m0/s1. The summed E-state index contributed by atoms with van der Waals surface area (Å²) < 4.78 is 5.67. The highest BCUT2D eigenvalue weighted by atomic mass is 16.3. The lowest BCUT2D eigenvalue weighted by atomic mass is 10.1. The van der Waals surface area contributed by atoms with Crippen molar-refractivity contribution in [2.75, 3.05) is 13.1 Å². The number of para-hydroxylation sites is 1. The van der Waals surface area contributed by atoms with E-state index in [0.717, 1.165) is 16.7 Å². The fraction of sp³-hybridized carbons (Fsp3) is 0.412. The van der Waals surface area contributed by atoms with E-state index in [-0.39, 0.29) is 24.3 Å². The first-order chi connectivity index (χ1) is 11.0. The van der Waals surface area contributed by atoms with E-state index in [1.807, 2.05) is 44.2 Å². The zero-order chi connectivity index (χ0) is 16.8. The summed E-state index contributed by atoms with van der Waals surface area (Å²) in [6.45, 7) is 4.10. The lowest BCUT2D eigenvalue weighted by molar-refractivity contribution is -0.127. The van der Waals surface area contributed by atoms with E-state index < -0.39 is 6.04 Å². The molecule has 0 saturated heterocycles. The van der Waals surface area contributed by atoms with Gasteiger partial charge in [0.25, 0.3) is 0 Å². The molecule has 2 rings (SSSR count). The van der Waals surface area contributed by atoms with Crippen molar-refractivity contribution < 1.29 is 14.0 Å². The summed E-state index contributed by atoms with van der Waals surface area (Å²) in [5.41, 5.74) is 6.54. The predicted molar refractivity (Wildman–Crippen MR) is 88.8 cm³/mol. The van der Waals surface area contributed by atoms with Crippen LogP contribution in [0.2, 0.25) is 0 Å². The molecule has 6 heteroatoms. The number of benzene rings is 1. The number of nitrogens with two attached hydrogens (primary N) is 1. The molecule has 6 nitrogen and oxygen atoms in total. The summed E-state index contributed by atoms with van der Waals surface area (Å²) in [6, 6.07) is 9.12. The molecule has 0 aliphatic carbocycles. The second-order valence-electron chi connectivity index (χ2n) is 5.84. The Hall–Kier alpha value is -2.34. The molecule has 0 saturated carbocycles. The van der Waals surface area contributed by atoms with Crippen LogP contribution in [0.15, 0.2) is 34.7 Å². The third kappa shape index (κ3) is 4.82. The van der Waals surface area contributed by atoms with Crippen LogP contribution in [0.5, 0.6) is 0 Å². The molecule has 0 radical (unpaired) electrons. The fourth-order valence-electron chi connectivity index (χ4n) is 2.14. The number of hydrogen-bond acceptors (Lipinski definition) is 4. The Bertz CT molecular complexity index is 646. The molecule has 4 N–H and O–H groups in total. The van der Waals surface area contributed by atoms with Crippen molar-refractivity contribution in [2.24, 2.45) is 11.7 Å². The monoisotopic (exact) mass is 317 g/mol. The van der Waals surface area contributed by atoms with Gasteiger partial charge in [-0.2, -0.15) is 0 Å². The zero-order valence-electron chi connectivity index (χ0n) is 13.5. The molecule has 0 bridgehead atoms. The Morgan fingerprint density at radius 3 is 2.65 bits per heavy atom. The maximum Gasteiger partial charge on any atom is 0.239 e. The minimum atomic E-state index is -0.599. The SMILES string of the molecule is CC(C)[C@H](N)C(=O)NCC(=O)NCCc1cc2ccccc2o1. The lowest BCUT2D eigenvalue weighted by Gasteiger charge is -2.15. The van der Waals surface area contributed by atoms with Crippen molar-refractivity contribution in [1.82, 2.24) is 10.6 Å². The molecule has 1 aromatic heterocycles. The van der Waals surface area contributed by atoms with E-state index >= 15 is 0 Å². The Morgan fingerprint density at radius 2 is 1.96 bits per heavy atom. The van der Waals surface area contributed by atoms with Gasteiger partial charge in [-0.15, -0.1) is 0 Å². The number of fused-ring (bicyclic) bond motifs is 1. The molecule has 0 fully saturated rings. The Balaban J connectivity index is 1.71. The number of rotatable bonds is 7. The van der Waals surface area contributed by atoms with Crippen molar-refractivity contribution in [3.63, 3.8) is 0 Å². The Kier molecular flexibility index (Phi) is 5.76. The number of furan rings is 1. The van der Waals surface area contributed by atoms with E-state index in [2.05, 4.69) is 10.6 Å². The number of hydrogen-bond donors (Lipinski definition) is 3. The number of nitrogens with one attached hydrogen (secondary N) is 2. The minimum absolute atomic E-state index is 0.0335. The van der Waals surface area contributed by atoms with E-state index in [0.29, 0.717) is 13.0 Å². The first-order valence-corrected chi connectivity index (χ1v) is 7.75.